The summed E-state index contributed by atoms with van der Waals surface area (Å²) in [5.74, 6) is -0.375. The molecule has 106 valence electrons. The van der Waals surface area contributed by atoms with Gasteiger partial charge in [-0.2, -0.15) is 0 Å². The minimum atomic E-state index is -0.956. The molecule has 0 spiro atoms. The van der Waals surface area contributed by atoms with E-state index in [1.165, 1.54) is 4.68 Å². The van der Waals surface area contributed by atoms with Gasteiger partial charge in [0.1, 0.15) is 0 Å². The Bertz CT molecular complexity index is 655. The highest BCUT2D eigenvalue weighted by Crippen LogP contribution is 2.30. The predicted octanol–water partition coefficient (Wildman–Crippen LogP) is 2.98. The normalized spacial score (nSPS) is 11.6. The van der Waals surface area contributed by atoms with Crippen molar-refractivity contribution in [2.75, 3.05) is 0 Å². The molecule has 0 aliphatic carbocycles. The van der Waals surface area contributed by atoms with Gasteiger partial charge in [0.2, 0.25) is 0 Å². The summed E-state index contributed by atoms with van der Waals surface area (Å²) in [6.07, 6.45) is 0. The summed E-state index contributed by atoms with van der Waals surface area (Å²) in [6, 6.07) is 5.64. The van der Waals surface area contributed by atoms with Crippen LogP contribution in [0.25, 0.3) is 11.4 Å². The maximum Gasteiger partial charge on any atom is 0.310 e. The lowest BCUT2D eigenvalue weighted by Crippen LogP contribution is -2.30. The summed E-state index contributed by atoms with van der Waals surface area (Å²) in [7, 11) is 0. The Morgan fingerprint density at radius 2 is 2.10 bits per heavy atom. The molecule has 0 aliphatic rings. The van der Waals surface area contributed by atoms with E-state index in [9.17, 15) is 9.90 Å². The third-order valence-electron chi connectivity index (χ3n) is 2.83. The number of carbonyl (C=O) groups is 1. The van der Waals surface area contributed by atoms with E-state index in [4.69, 9.17) is 0 Å². The number of nitrogens with zero attached hydrogens (tertiary/aromatic N) is 4. The summed E-state index contributed by atoms with van der Waals surface area (Å²) in [5, 5.41) is 20.7. The molecule has 0 saturated carbocycles. The molecule has 0 amide bonds. The fraction of sp³-hybridized carbons (Fsp3) is 0.333. The smallest absolute Gasteiger partial charge is 0.310 e. The summed E-state index contributed by atoms with van der Waals surface area (Å²) in [4.78, 5) is 11.2. The first-order valence-electron chi connectivity index (χ1n) is 5.76. The van der Waals surface area contributed by atoms with Crippen LogP contribution in [0.5, 0.6) is 0 Å². The number of halogens is 2. The van der Waals surface area contributed by atoms with Crippen molar-refractivity contribution in [3.63, 3.8) is 0 Å². The Hall–Kier alpha value is -1.28. The highest BCUT2D eigenvalue weighted by Gasteiger charge is 2.30. The van der Waals surface area contributed by atoms with Crippen molar-refractivity contribution < 1.29 is 9.90 Å². The molecule has 0 saturated heterocycles. The van der Waals surface area contributed by atoms with Crippen LogP contribution in [0.1, 0.15) is 13.8 Å². The lowest BCUT2D eigenvalue weighted by molar-refractivity contribution is -0.147. The van der Waals surface area contributed by atoms with Crippen molar-refractivity contribution in [2.24, 2.45) is 5.41 Å². The van der Waals surface area contributed by atoms with E-state index in [0.717, 1.165) is 14.5 Å². The van der Waals surface area contributed by atoms with Gasteiger partial charge in [-0.1, -0.05) is 31.9 Å². The van der Waals surface area contributed by atoms with E-state index < -0.39 is 11.4 Å². The zero-order chi connectivity index (χ0) is 14.9. The maximum absolute atomic E-state index is 11.2. The average Bonchev–Trinajstić information content (AvgIpc) is 2.79. The second-order valence-electron chi connectivity index (χ2n) is 4.97. The first kappa shape index (κ1) is 15.1. The third kappa shape index (κ3) is 3.06. The van der Waals surface area contributed by atoms with E-state index in [1.807, 2.05) is 18.2 Å². The number of rotatable bonds is 4. The zero-order valence-corrected chi connectivity index (χ0v) is 14.0. The molecule has 1 heterocycles. The van der Waals surface area contributed by atoms with Crippen LogP contribution in [0.15, 0.2) is 27.1 Å². The lowest BCUT2D eigenvalue weighted by Gasteiger charge is -2.19. The number of hydrogen-bond acceptors (Lipinski definition) is 4. The summed E-state index contributed by atoms with van der Waals surface area (Å²) in [5.41, 5.74) is -0.159. The highest BCUT2D eigenvalue weighted by atomic mass is 79.9. The molecule has 0 unspecified atom stereocenters. The van der Waals surface area contributed by atoms with Gasteiger partial charge in [0, 0.05) is 14.5 Å². The van der Waals surface area contributed by atoms with Crippen molar-refractivity contribution in [2.45, 2.75) is 20.4 Å². The monoisotopic (exact) mass is 402 g/mol. The standard InChI is InChI=1S/C12H12Br2N4O2/c1-12(2,11(19)20)6-18-10(15-16-17-18)8-5-7(13)3-4-9(8)14/h3-5H,6H2,1-2H3,(H,19,20). The molecular weight excluding hydrogens is 392 g/mol. The van der Waals surface area contributed by atoms with Crippen molar-refractivity contribution in [3.8, 4) is 11.4 Å². The maximum atomic E-state index is 11.2. The van der Waals surface area contributed by atoms with Gasteiger partial charge in [-0.3, -0.25) is 4.79 Å². The topological polar surface area (TPSA) is 80.9 Å². The molecule has 0 fully saturated rings. The van der Waals surface area contributed by atoms with Crippen LogP contribution in [0.4, 0.5) is 0 Å². The zero-order valence-electron chi connectivity index (χ0n) is 10.8. The number of aromatic nitrogens is 4. The molecule has 0 radical (unpaired) electrons. The SMILES string of the molecule is CC(C)(Cn1nnnc1-c1cc(Br)ccc1Br)C(=O)O. The van der Waals surface area contributed by atoms with Gasteiger partial charge >= 0.3 is 5.97 Å². The average molecular weight is 404 g/mol. The molecule has 0 bridgehead atoms. The van der Waals surface area contributed by atoms with Gasteiger partial charge in [0.05, 0.1) is 12.0 Å². The van der Waals surface area contributed by atoms with E-state index in [1.54, 1.807) is 13.8 Å². The first-order valence-corrected chi connectivity index (χ1v) is 7.35. The number of hydrogen-bond donors (Lipinski definition) is 1. The fourth-order valence-electron chi connectivity index (χ4n) is 1.61. The number of aliphatic carboxylic acids is 1. The van der Waals surface area contributed by atoms with Crippen molar-refractivity contribution in [1.82, 2.24) is 20.2 Å². The molecule has 6 nitrogen and oxygen atoms in total. The van der Waals surface area contributed by atoms with E-state index in [0.29, 0.717) is 5.82 Å². The van der Waals surface area contributed by atoms with Gasteiger partial charge in [0.15, 0.2) is 5.82 Å². The van der Waals surface area contributed by atoms with Gasteiger partial charge in [-0.25, -0.2) is 4.68 Å². The van der Waals surface area contributed by atoms with Crippen molar-refractivity contribution in [3.05, 3.63) is 27.1 Å². The Labute approximate surface area is 132 Å². The van der Waals surface area contributed by atoms with Gasteiger partial charge in [-0.15, -0.1) is 5.10 Å². The molecule has 1 aromatic carbocycles. The highest BCUT2D eigenvalue weighted by molar-refractivity contribution is 9.11. The summed E-state index contributed by atoms with van der Waals surface area (Å²) in [6.45, 7) is 3.46. The van der Waals surface area contributed by atoms with Crippen LogP contribution in [0.3, 0.4) is 0 Å². The number of benzene rings is 1. The molecular formula is C12H12Br2N4O2. The molecule has 2 rings (SSSR count). The number of carboxylic acids is 1. The predicted molar refractivity (Wildman–Crippen MR) is 80.1 cm³/mol. The number of tetrazole rings is 1. The van der Waals surface area contributed by atoms with Gasteiger partial charge in [0.25, 0.3) is 0 Å². The quantitative estimate of drug-likeness (QED) is 0.848. The van der Waals surface area contributed by atoms with Crippen molar-refractivity contribution >= 4 is 37.8 Å². The Kier molecular flexibility index (Phi) is 4.24. The fourth-order valence-corrected chi connectivity index (χ4v) is 2.40. The Morgan fingerprint density at radius 1 is 1.40 bits per heavy atom. The van der Waals surface area contributed by atoms with Crippen LogP contribution in [-0.2, 0) is 11.3 Å². The second-order valence-corrected chi connectivity index (χ2v) is 6.74. The summed E-state index contributed by atoms with van der Waals surface area (Å²) >= 11 is 6.85. The van der Waals surface area contributed by atoms with E-state index in [2.05, 4.69) is 47.4 Å². The van der Waals surface area contributed by atoms with Crippen LogP contribution in [0, 0.1) is 5.41 Å². The second kappa shape index (κ2) is 5.61. The van der Waals surface area contributed by atoms with E-state index in [-0.39, 0.29) is 6.54 Å². The summed E-state index contributed by atoms with van der Waals surface area (Å²) < 4.78 is 3.23. The molecule has 0 atom stereocenters. The van der Waals surface area contributed by atoms with E-state index >= 15 is 0 Å². The molecule has 8 heteroatoms. The molecule has 20 heavy (non-hydrogen) atoms. The molecule has 1 N–H and O–H groups in total. The Balaban J connectivity index is 2.43. The minimum absolute atomic E-state index is 0.184. The van der Waals surface area contributed by atoms with Crippen LogP contribution in [0.2, 0.25) is 0 Å². The molecule has 1 aromatic heterocycles. The molecule has 2 aromatic rings. The first-order chi connectivity index (χ1) is 9.31. The largest absolute Gasteiger partial charge is 0.481 e. The Morgan fingerprint density at radius 3 is 2.75 bits per heavy atom. The molecule has 0 aliphatic heterocycles. The number of carboxylic acid groups (broad SMARTS) is 1. The van der Waals surface area contributed by atoms with Crippen molar-refractivity contribution in [1.29, 1.82) is 0 Å². The van der Waals surface area contributed by atoms with Gasteiger partial charge in [-0.05, 0) is 42.5 Å². The third-order valence-corrected chi connectivity index (χ3v) is 4.01. The van der Waals surface area contributed by atoms with Crippen LogP contribution < -0.4 is 0 Å². The van der Waals surface area contributed by atoms with Crippen LogP contribution >= 0.6 is 31.9 Å². The van der Waals surface area contributed by atoms with Crippen LogP contribution in [-0.4, -0.2) is 31.3 Å². The minimum Gasteiger partial charge on any atom is -0.481 e. The van der Waals surface area contributed by atoms with Gasteiger partial charge < -0.3 is 5.11 Å². The lowest BCUT2D eigenvalue weighted by atomic mass is 9.94.